The van der Waals surface area contributed by atoms with Crippen molar-refractivity contribution < 1.29 is 27.5 Å². The van der Waals surface area contributed by atoms with E-state index in [4.69, 9.17) is 4.74 Å². The van der Waals surface area contributed by atoms with Gasteiger partial charge in [0.05, 0.1) is 24.4 Å². The van der Waals surface area contributed by atoms with Crippen molar-refractivity contribution in [2.45, 2.75) is 69.7 Å². The zero-order valence-corrected chi connectivity index (χ0v) is 22.4. The predicted molar refractivity (Wildman–Crippen MR) is 137 cm³/mol. The van der Waals surface area contributed by atoms with Gasteiger partial charge in [-0.05, 0) is 46.2 Å². The quantitative estimate of drug-likeness (QED) is 0.452. The van der Waals surface area contributed by atoms with Crippen molar-refractivity contribution in [3.05, 3.63) is 29.8 Å². The summed E-state index contributed by atoms with van der Waals surface area (Å²) >= 11 is 0. The Balaban J connectivity index is 1.57. The number of carbonyl (C=O) groups is 3. The van der Waals surface area contributed by atoms with Gasteiger partial charge in [0.2, 0.25) is 27.7 Å². The minimum absolute atomic E-state index is 0.0965. The van der Waals surface area contributed by atoms with Gasteiger partial charge in [-0.3, -0.25) is 14.4 Å². The zero-order chi connectivity index (χ0) is 26.7. The van der Waals surface area contributed by atoms with Gasteiger partial charge in [-0.2, -0.15) is 4.31 Å². The van der Waals surface area contributed by atoms with Gasteiger partial charge in [0, 0.05) is 31.1 Å². The first-order valence-electron chi connectivity index (χ1n) is 13.0. The van der Waals surface area contributed by atoms with E-state index < -0.39 is 40.0 Å². The standard InChI is InChI=1S/C25H37N5O6S/c1-4-37(34,35)29-13-11-17-9-10-21(30(17)25(33)20(15-29)28-23(31)16(2)26-3)24(32)27-19-12-14-36-22-8-6-5-7-18(19)22/h5-8,16-17,19-21,26H,4,9-15H2,1-3H3,(H,27,32)(H,28,31)/t16-,17+,19+,20-,21-/m0/s1. The van der Waals surface area contributed by atoms with Crippen molar-refractivity contribution in [3.63, 3.8) is 0 Å². The Morgan fingerprint density at radius 1 is 1.11 bits per heavy atom. The van der Waals surface area contributed by atoms with E-state index >= 15 is 0 Å². The molecule has 1 aromatic carbocycles. The smallest absolute Gasteiger partial charge is 0.247 e. The van der Waals surface area contributed by atoms with E-state index in [0.717, 1.165) is 11.3 Å². The molecule has 3 amide bonds. The number of para-hydroxylation sites is 1. The SMILES string of the molecule is CCS(=O)(=O)N1CC[C@H]2CC[C@@H](C(=O)N[C@@H]3CCOc4ccccc43)N2C(=O)[C@@H](NC(=O)[C@H](C)NC)C1. The molecule has 3 aliphatic heterocycles. The second kappa shape index (κ2) is 11.4. The minimum Gasteiger partial charge on any atom is -0.493 e. The van der Waals surface area contributed by atoms with Crippen LogP contribution in [0.4, 0.5) is 0 Å². The third-order valence-corrected chi connectivity index (χ3v) is 9.48. The summed E-state index contributed by atoms with van der Waals surface area (Å²) in [5.41, 5.74) is 0.905. The second-order valence-electron chi connectivity index (χ2n) is 9.85. The van der Waals surface area contributed by atoms with Gasteiger partial charge in [-0.15, -0.1) is 0 Å². The summed E-state index contributed by atoms with van der Waals surface area (Å²) in [5.74, 6) is -0.441. The summed E-state index contributed by atoms with van der Waals surface area (Å²) < 4.78 is 32.5. The van der Waals surface area contributed by atoms with E-state index in [1.165, 1.54) is 4.31 Å². The first-order chi connectivity index (χ1) is 17.7. The highest BCUT2D eigenvalue weighted by Gasteiger charge is 2.46. The molecule has 0 saturated carbocycles. The Kier molecular flexibility index (Phi) is 8.39. The average Bonchev–Trinajstić information content (AvgIpc) is 3.32. The minimum atomic E-state index is -3.58. The Morgan fingerprint density at radius 2 is 1.86 bits per heavy atom. The molecule has 204 valence electrons. The van der Waals surface area contributed by atoms with Gasteiger partial charge in [0.25, 0.3) is 0 Å². The molecule has 0 aliphatic carbocycles. The van der Waals surface area contributed by atoms with Gasteiger partial charge < -0.3 is 25.6 Å². The fourth-order valence-corrected chi connectivity index (χ4v) is 6.46. The van der Waals surface area contributed by atoms with E-state index in [-0.39, 0.29) is 36.8 Å². The second-order valence-corrected chi connectivity index (χ2v) is 12.1. The molecule has 37 heavy (non-hydrogen) atoms. The third-order valence-electron chi connectivity index (χ3n) is 7.63. The fraction of sp³-hybridized carbons (Fsp3) is 0.640. The lowest BCUT2D eigenvalue weighted by Gasteiger charge is -2.39. The Hall–Kier alpha value is -2.70. The number of nitrogens with one attached hydrogen (secondary N) is 3. The first-order valence-corrected chi connectivity index (χ1v) is 14.6. The molecule has 5 atom stereocenters. The van der Waals surface area contributed by atoms with Crippen LogP contribution in [0.3, 0.4) is 0 Å². The van der Waals surface area contributed by atoms with Crippen molar-refractivity contribution in [2.24, 2.45) is 0 Å². The van der Waals surface area contributed by atoms with Gasteiger partial charge in [-0.1, -0.05) is 18.2 Å². The maximum atomic E-state index is 13.9. The maximum Gasteiger partial charge on any atom is 0.247 e. The van der Waals surface area contributed by atoms with Gasteiger partial charge in [0.1, 0.15) is 17.8 Å². The maximum absolute atomic E-state index is 13.9. The first kappa shape index (κ1) is 27.3. The molecule has 2 saturated heterocycles. The summed E-state index contributed by atoms with van der Waals surface area (Å²) in [7, 11) is -1.95. The van der Waals surface area contributed by atoms with E-state index in [0.29, 0.717) is 32.3 Å². The number of benzene rings is 1. The highest BCUT2D eigenvalue weighted by atomic mass is 32.2. The number of hydrogen-bond donors (Lipinski definition) is 3. The molecule has 3 N–H and O–H groups in total. The predicted octanol–water partition coefficient (Wildman–Crippen LogP) is 0.134. The Bertz CT molecular complexity index is 1130. The third kappa shape index (κ3) is 5.75. The van der Waals surface area contributed by atoms with Crippen LogP contribution in [0.25, 0.3) is 0 Å². The topological polar surface area (TPSA) is 137 Å². The summed E-state index contributed by atoms with van der Waals surface area (Å²) in [6.07, 6.45) is 2.11. The van der Waals surface area contributed by atoms with Crippen molar-refractivity contribution in [1.82, 2.24) is 25.2 Å². The summed E-state index contributed by atoms with van der Waals surface area (Å²) in [6.45, 7) is 3.76. The molecule has 3 aliphatic rings. The zero-order valence-electron chi connectivity index (χ0n) is 21.6. The molecule has 4 rings (SSSR count). The fourth-order valence-electron chi connectivity index (χ4n) is 5.33. The molecule has 0 unspecified atom stereocenters. The van der Waals surface area contributed by atoms with Crippen molar-refractivity contribution in [3.8, 4) is 5.75 Å². The molecule has 0 bridgehead atoms. The van der Waals surface area contributed by atoms with Gasteiger partial charge in [-0.25, -0.2) is 8.42 Å². The number of likely N-dealkylation sites (N-methyl/N-ethyl adjacent to an activating group) is 1. The number of rotatable bonds is 7. The van der Waals surface area contributed by atoms with E-state index in [9.17, 15) is 22.8 Å². The van der Waals surface area contributed by atoms with Crippen LogP contribution in [0.5, 0.6) is 5.75 Å². The summed E-state index contributed by atoms with van der Waals surface area (Å²) in [4.78, 5) is 41.7. The van der Waals surface area contributed by atoms with Crippen LogP contribution in [0.1, 0.15) is 51.1 Å². The lowest BCUT2D eigenvalue weighted by Crippen LogP contribution is -2.62. The molecule has 0 aromatic heterocycles. The number of ether oxygens (including phenoxy) is 1. The summed E-state index contributed by atoms with van der Waals surface area (Å²) in [5, 5.41) is 8.68. The average molecular weight is 536 g/mol. The summed E-state index contributed by atoms with van der Waals surface area (Å²) in [6, 6.07) is 4.71. The van der Waals surface area contributed by atoms with Crippen LogP contribution in [0.2, 0.25) is 0 Å². The molecule has 1 aromatic rings. The molecular weight excluding hydrogens is 498 g/mol. The van der Waals surface area contributed by atoms with Crippen LogP contribution in [0, 0.1) is 0 Å². The largest absolute Gasteiger partial charge is 0.493 e. The van der Waals surface area contributed by atoms with Crippen molar-refractivity contribution >= 4 is 27.7 Å². The Labute approximate surface area is 218 Å². The lowest BCUT2D eigenvalue weighted by molar-refractivity contribution is -0.144. The highest BCUT2D eigenvalue weighted by molar-refractivity contribution is 7.89. The van der Waals surface area contributed by atoms with Crippen molar-refractivity contribution in [2.75, 3.05) is 32.5 Å². The molecule has 3 heterocycles. The molecule has 0 radical (unpaired) electrons. The normalized spacial score (nSPS) is 27.2. The van der Waals surface area contributed by atoms with Crippen LogP contribution >= 0.6 is 0 Å². The lowest BCUT2D eigenvalue weighted by atomic mass is 10.00. The van der Waals surface area contributed by atoms with Crippen LogP contribution in [-0.4, -0.2) is 92.0 Å². The van der Waals surface area contributed by atoms with Crippen molar-refractivity contribution in [1.29, 1.82) is 0 Å². The molecule has 2 fully saturated rings. The number of hydrogen-bond acceptors (Lipinski definition) is 7. The van der Waals surface area contributed by atoms with Gasteiger partial charge in [0.15, 0.2) is 0 Å². The number of nitrogens with zero attached hydrogens (tertiary/aromatic N) is 2. The number of fused-ring (bicyclic) bond motifs is 2. The van der Waals surface area contributed by atoms with Crippen LogP contribution in [-0.2, 0) is 24.4 Å². The van der Waals surface area contributed by atoms with E-state index in [1.807, 2.05) is 24.3 Å². The molecular formula is C25H37N5O6S. The number of carbonyl (C=O) groups excluding carboxylic acids is 3. The molecule has 12 heteroatoms. The van der Waals surface area contributed by atoms with E-state index in [1.54, 1.807) is 25.8 Å². The van der Waals surface area contributed by atoms with E-state index in [2.05, 4.69) is 16.0 Å². The van der Waals surface area contributed by atoms with Gasteiger partial charge >= 0.3 is 0 Å². The number of amides is 3. The Morgan fingerprint density at radius 3 is 2.59 bits per heavy atom. The molecule has 0 spiro atoms. The van der Waals surface area contributed by atoms with Crippen LogP contribution in [0.15, 0.2) is 24.3 Å². The molecule has 11 nitrogen and oxygen atoms in total. The van der Waals surface area contributed by atoms with Crippen LogP contribution < -0.4 is 20.7 Å². The number of sulfonamides is 1. The highest BCUT2D eigenvalue weighted by Crippen LogP contribution is 2.34. The monoisotopic (exact) mass is 535 g/mol.